The number of nitrogens with one attached hydrogen (secondary N) is 1. The first-order valence-corrected chi connectivity index (χ1v) is 7.66. The highest BCUT2D eigenvalue weighted by atomic mass is 35.5. The van der Waals surface area contributed by atoms with E-state index in [2.05, 4.69) is 15.2 Å². The molecule has 0 saturated carbocycles. The van der Waals surface area contributed by atoms with E-state index in [1.807, 2.05) is 44.8 Å². The van der Waals surface area contributed by atoms with E-state index in [9.17, 15) is 0 Å². The molecule has 1 aromatic rings. The number of halogens is 1. The molecule has 0 spiro atoms. The summed E-state index contributed by atoms with van der Waals surface area (Å²) in [5, 5.41) is 4.10. The molecule has 120 valence electrons. The van der Waals surface area contributed by atoms with Crippen molar-refractivity contribution in [1.29, 1.82) is 0 Å². The molecule has 0 fully saturated rings. The number of aryl methyl sites for hydroxylation is 1. The van der Waals surface area contributed by atoms with Crippen LogP contribution in [0.15, 0.2) is 17.3 Å². The fourth-order valence-electron chi connectivity index (χ4n) is 2.02. The Balaban J connectivity index is 2.39. The van der Waals surface area contributed by atoms with Crippen molar-refractivity contribution in [3.8, 4) is 0 Å². The molecule has 0 aliphatic rings. The number of nitrogens with zero attached hydrogens (tertiary/aromatic N) is 3. The Morgan fingerprint density at radius 2 is 2.24 bits per heavy atom. The maximum absolute atomic E-state index is 6.01. The van der Waals surface area contributed by atoms with Gasteiger partial charge in [-0.05, 0) is 26.3 Å². The van der Waals surface area contributed by atoms with Crippen LogP contribution in [0.4, 0.5) is 0 Å². The lowest BCUT2D eigenvalue weighted by atomic mass is 10.4. The van der Waals surface area contributed by atoms with Crippen LogP contribution in [0.3, 0.4) is 0 Å². The van der Waals surface area contributed by atoms with E-state index in [-0.39, 0.29) is 6.10 Å². The van der Waals surface area contributed by atoms with Crippen molar-refractivity contribution in [2.75, 3.05) is 27.2 Å². The van der Waals surface area contributed by atoms with Crippen molar-refractivity contribution < 1.29 is 4.74 Å². The summed E-state index contributed by atoms with van der Waals surface area (Å²) in [5.41, 5.74) is 1.15. The average molecular weight is 315 g/mol. The quantitative estimate of drug-likeness (QED) is 0.478. The number of aliphatic imine (C=N–C) groups is 1. The third-order valence-electron chi connectivity index (χ3n) is 3.10. The van der Waals surface area contributed by atoms with Crippen LogP contribution in [0, 0.1) is 0 Å². The second kappa shape index (κ2) is 8.95. The van der Waals surface area contributed by atoms with E-state index in [0.717, 1.165) is 42.8 Å². The predicted molar refractivity (Wildman–Crippen MR) is 89.0 cm³/mol. The Kier molecular flexibility index (Phi) is 7.61. The van der Waals surface area contributed by atoms with E-state index in [0.29, 0.717) is 0 Å². The Labute approximate surface area is 132 Å². The summed E-state index contributed by atoms with van der Waals surface area (Å²) in [4.78, 5) is 6.38. The molecule has 1 heterocycles. The summed E-state index contributed by atoms with van der Waals surface area (Å²) in [6, 6.07) is 1.97. The minimum atomic E-state index is 0.286. The Hall–Kier alpha value is -1.20. The lowest BCUT2D eigenvalue weighted by Gasteiger charge is -2.22. The molecule has 5 nitrogen and oxygen atoms in total. The van der Waals surface area contributed by atoms with Crippen molar-refractivity contribution in [3.63, 3.8) is 0 Å². The van der Waals surface area contributed by atoms with Crippen LogP contribution in [0.1, 0.15) is 26.0 Å². The lowest BCUT2D eigenvalue weighted by molar-refractivity contribution is 0.0776. The molecule has 0 saturated heterocycles. The van der Waals surface area contributed by atoms with Gasteiger partial charge in [0.15, 0.2) is 5.96 Å². The summed E-state index contributed by atoms with van der Waals surface area (Å²) in [6.45, 7) is 6.46. The molecule has 0 bridgehead atoms. The van der Waals surface area contributed by atoms with Gasteiger partial charge in [0, 0.05) is 46.2 Å². The van der Waals surface area contributed by atoms with E-state index in [4.69, 9.17) is 16.3 Å². The fraction of sp³-hybridized carbons (Fsp3) is 0.667. The van der Waals surface area contributed by atoms with Crippen LogP contribution in [0.25, 0.3) is 0 Å². The summed E-state index contributed by atoms with van der Waals surface area (Å²) in [6.07, 6.45) is 3.15. The highest BCUT2D eigenvalue weighted by Gasteiger charge is 2.09. The molecule has 0 aliphatic heterocycles. The second-order valence-electron chi connectivity index (χ2n) is 5.36. The molecular weight excluding hydrogens is 288 g/mol. The van der Waals surface area contributed by atoms with Crippen molar-refractivity contribution in [1.82, 2.24) is 14.8 Å². The third-order valence-corrected chi connectivity index (χ3v) is 3.31. The van der Waals surface area contributed by atoms with Gasteiger partial charge < -0.3 is 19.5 Å². The van der Waals surface area contributed by atoms with Crippen molar-refractivity contribution >= 4 is 17.6 Å². The van der Waals surface area contributed by atoms with E-state index >= 15 is 0 Å². The lowest BCUT2D eigenvalue weighted by Crippen LogP contribution is -2.39. The van der Waals surface area contributed by atoms with Crippen LogP contribution in [-0.4, -0.2) is 48.8 Å². The van der Waals surface area contributed by atoms with Crippen molar-refractivity contribution in [3.05, 3.63) is 23.0 Å². The molecule has 1 rings (SSSR count). The number of rotatable bonds is 7. The average Bonchev–Trinajstić information content (AvgIpc) is 2.71. The van der Waals surface area contributed by atoms with Gasteiger partial charge in [0.1, 0.15) is 0 Å². The van der Waals surface area contributed by atoms with Crippen LogP contribution in [0.5, 0.6) is 0 Å². The zero-order valence-electron chi connectivity index (χ0n) is 13.7. The summed E-state index contributed by atoms with van der Waals surface area (Å²) >= 11 is 6.01. The molecule has 1 N–H and O–H groups in total. The number of aromatic nitrogens is 1. The van der Waals surface area contributed by atoms with Gasteiger partial charge in [-0.3, -0.25) is 4.99 Å². The Morgan fingerprint density at radius 1 is 1.52 bits per heavy atom. The largest absolute Gasteiger partial charge is 0.379 e. The summed E-state index contributed by atoms with van der Waals surface area (Å²) in [5.74, 6) is 0.872. The van der Waals surface area contributed by atoms with E-state index < -0.39 is 0 Å². The first-order valence-electron chi connectivity index (χ1n) is 7.28. The van der Waals surface area contributed by atoms with Crippen LogP contribution in [0.2, 0.25) is 5.02 Å². The molecule has 0 amide bonds. The summed E-state index contributed by atoms with van der Waals surface area (Å²) in [7, 11) is 5.80. The maximum Gasteiger partial charge on any atom is 0.193 e. The Bertz CT molecular complexity index is 457. The van der Waals surface area contributed by atoms with Gasteiger partial charge in [0.25, 0.3) is 0 Å². The molecule has 0 radical (unpaired) electrons. The van der Waals surface area contributed by atoms with Gasteiger partial charge in [0.05, 0.1) is 17.7 Å². The standard InChI is InChI=1S/C15H27ClN4O/c1-12(2)21-8-6-7-18-15(17-3)20(5)11-14-9-13(16)10-19(14)4/h9-10,12H,6-8,11H2,1-5H3,(H,17,18). The zero-order chi connectivity index (χ0) is 15.8. The number of ether oxygens (including phenoxy) is 1. The normalized spacial score (nSPS) is 12.0. The minimum absolute atomic E-state index is 0.286. The first-order chi connectivity index (χ1) is 9.93. The van der Waals surface area contributed by atoms with Crippen LogP contribution < -0.4 is 5.32 Å². The molecule has 0 aromatic carbocycles. The number of hydrogen-bond donors (Lipinski definition) is 1. The van der Waals surface area contributed by atoms with Gasteiger partial charge in [-0.15, -0.1) is 0 Å². The number of hydrogen-bond acceptors (Lipinski definition) is 2. The number of guanidine groups is 1. The maximum atomic E-state index is 6.01. The zero-order valence-corrected chi connectivity index (χ0v) is 14.4. The smallest absolute Gasteiger partial charge is 0.193 e. The van der Waals surface area contributed by atoms with Gasteiger partial charge in [0.2, 0.25) is 0 Å². The molecule has 0 aliphatic carbocycles. The van der Waals surface area contributed by atoms with E-state index in [1.54, 1.807) is 7.05 Å². The fourth-order valence-corrected chi connectivity index (χ4v) is 2.29. The SMILES string of the molecule is CN=C(NCCCOC(C)C)N(C)Cc1cc(Cl)cn1C. The monoisotopic (exact) mass is 314 g/mol. The predicted octanol–water partition coefficient (Wildman–Crippen LogP) is 2.50. The van der Waals surface area contributed by atoms with Crippen molar-refractivity contribution in [2.45, 2.75) is 32.9 Å². The van der Waals surface area contributed by atoms with Crippen LogP contribution >= 0.6 is 11.6 Å². The Morgan fingerprint density at radius 3 is 2.76 bits per heavy atom. The third kappa shape index (κ3) is 6.40. The topological polar surface area (TPSA) is 41.8 Å². The summed E-state index contributed by atoms with van der Waals surface area (Å²) < 4.78 is 7.55. The molecule has 1 aromatic heterocycles. The second-order valence-corrected chi connectivity index (χ2v) is 5.80. The van der Waals surface area contributed by atoms with Gasteiger partial charge in [-0.1, -0.05) is 11.6 Å². The first kappa shape index (κ1) is 17.9. The highest BCUT2D eigenvalue weighted by molar-refractivity contribution is 6.30. The van der Waals surface area contributed by atoms with Gasteiger partial charge in [-0.2, -0.15) is 0 Å². The van der Waals surface area contributed by atoms with Crippen molar-refractivity contribution in [2.24, 2.45) is 12.0 Å². The molecule has 0 unspecified atom stereocenters. The molecule has 6 heteroatoms. The molecule has 21 heavy (non-hydrogen) atoms. The molecular formula is C15H27ClN4O. The highest BCUT2D eigenvalue weighted by Crippen LogP contribution is 2.14. The minimum Gasteiger partial charge on any atom is -0.379 e. The van der Waals surface area contributed by atoms with Gasteiger partial charge in [-0.25, -0.2) is 0 Å². The van der Waals surface area contributed by atoms with Crippen LogP contribution in [-0.2, 0) is 18.3 Å². The molecule has 0 atom stereocenters. The van der Waals surface area contributed by atoms with Gasteiger partial charge >= 0.3 is 0 Å². The van der Waals surface area contributed by atoms with E-state index in [1.165, 1.54) is 0 Å².